The van der Waals surface area contributed by atoms with Crippen LogP contribution < -0.4 is 4.74 Å². The van der Waals surface area contributed by atoms with Crippen molar-refractivity contribution in [2.24, 2.45) is 0 Å². The Morgan fingerprint density at radius 1 is 1.03 bits per heavy atom. The summed E-state index contributed by atoms with van der Waals surface area (Å²) >= 11 is 15.2. The number of aromatic nitrogens is 1. The Hall–Kier alpha value is -2.40. The van der Waals surface area contributed by atoms with E-state index in [4.69, 9.17) is 23.2 Å². The van der Waals surface area contributed by atoms with Gasteiger partial charge in [-0.3, -0.25) is 0 Å². The molecule has 0 spiro atoms. The molecule has 0 aliphatic rings. The second-order valence-electron chi connectivity index (χ2n) is 7.17. The lowest BCUT2D eigenvalue weighted by molar-refractivity contribution is -0.274. The van der Waals surface area contributed by atoms with Gasteiger partial charge in [0.2, 0.25) is 0 Å². The number of halogens is 6. The predicted molar refractivity (Wildman–Crippen MR) is 126 cm³/mol. The Morgan fingerprint density at radius 2 is 1.74 bits per heavy atom. The summed E-state index contributed by atoms with van der Waals surface area (Å²) in [5, 5.41) is 11.0. The molecule has 0 saturated carbocycles. The van der Waals surface area contributed by atoms with E-state index in [0.717, 1.165) is 10.0 Å². The fourth-order valence-corrected chi connectivity index (χ4v) is 6.41. The van der Waals surface area contributed by atoms with Crippen LogP contribution in [0.25, 0.3) is 10.9 Å². The Labute approximate surface area is 210 Å². The van der Waals surface area contributed by atoms with Crippen molar-refractivity contribution < 1.29 is 31.4 Å². The molecule has 0 atom stereocenters. The summed E-state index contributed by atoms with van der Waals surface area (Å²) in [4.78, 5) is -0.486. The highest BCUT2D eigenvalue weighted by Crippen LogP contribution is 2.38. The standard InChI is InChI=1S/C22H13BrCl2F3NO4S/c23-14-10-17(25)21(30)20(11-14)34(31,32)29-16(9-13-7-15(24)5-6-18(13)29)8-12-3-1-2-4-19(12)33-22(26,27)28/h1-7,9-11,30H,8H2. The third-order valence-corrected chi connectivity index (χ3v) is 7.63. The summed E-state index contributed by atoms with van der Waals surface area (Å²) in [5.74, 6) is -1.12. The Morgan fingerprint density at radius 3 is 2.44 bits per heavy atom. The first kappa shape index (κ1) is 24.7. The van der Waals surface area contributed by atoms with Crippen LogP contribution in [0.2, 0.25) is 10.0 Å². The van der Waals surface area contributed by atoms with Gasteiger partial charge in [0.1, 0.15) is 10.6 Å². The predicted octanol–water partition coefficient (Wildman–Crippen LogP) is 7.14. The van der Waals surface area contributed by atoms with Gasteiger partial charge in [-0.15, -0.1) is 13.2 Å². The third kappa shape index (κ3) is 4.86. The highest BCUT2D eigenvalue weighted by Gasteiger charge is 2.33. The van der Waals surface area contributed by atoms with Crippen LogP contribution in [0.4, 0.5) is 13.2 Å². The van der Waals surface area contributed by atoms with Crippen molar-refractivity contribution in [2.45, 2.75) is 17.7 Å². The molecule has 34 heavy (non-hydrogen) atoms. The molecule has 5 nitrogen and oxygen atoms in total. The summed E-state index contributed by atoms with van der Waals surface area (Å²) in [6, 6.07) is 13.9. The van der Waals surface area contributed by atoms with Crippen molar-refractivity contribution in [1.82, 2.24) is 3.97 Å². The quantitative estimate of drug-likeness (QED) is 0.267. The van der Waals surface area contributed by atoms with Gasteiger partial charge in [0.25, 0.3) is 10.0 Å². The van der Waals surface area contributed by atoms with E-state index in [1.807, 2.05) is 0 Å². The average molecular weight is 595 g/mol. The van der Waals surface area contributed by atoms with Crippen LogP contribution in [0.5, 0.6) is 11.5 Å². The van der Waals surface area contributed by atoms with E-state index in [-0.39, 0.29) is 28.2 Å². The van der Waals surface area contributed by atoms with Gasteiger partial charge < -0.3 is 9.84 Å². The van der Waals surface area contributed by atoms with E-state index in [1.54, 1.807) is 0 Å². The van der Waals surface area contributed by atoms with Gasteiger partial charge in [-0.2, -0.15) is 0 Å². The number of phenols is 1. The minimum Gasteiger partial charge on any atom is -0.505 e. The summed E-state index contributed by atoms with van der Waals surface area (Å²) in [5.41, 5.74) is 0.428. The maximum Gasteiger partial charge on any atom is 0.573 e. The number of phenolic OH excluding ortho intramolecular Hbond substituents is 1. The van der Waals surface area contributed by atoms with Crippen LogP contribution in [-0.2, 0) is 16.4 Å². The molecular formula is C22H13BrCl2F3NO4S. The molecule has 4 aromatic rings. The van der Waals surface area contributed by atoms with Crippen LogP contribution in [0.3, 0.4) is 0 Å². The molecule has 0 amide bonds. The number of aromatic hydroxyl groups is 1. The van der Waals surface area contributed by atoms with Gasteiger partial charge in [0.15, 0.2) is 5.75 Å². The van der Waals surface area contributed by atoms with Gasteiger partial charge in [-0.25, -0.2) is 12.4 Å². The number of rotatable bonds is 5. The second-order valence-corrected chi connectivity index (χ2v) is 10.7. The lowest BCUT2D eigenvalue weighted by atomic mass is 10.1. The smallest absolute Gasteiger partial charge is 0.505 e. The maximum atomic E-state index is 13.7. The molecule has 0 fully saturated rings. The zero-order valence-corrected chi connectivity index (χ0v) is 20.7. The van der Waals surface area contributed by atoms with E-state index in [1.165, 1.54) is 54.6 Å². The first-order valence-corrected chi connectivity index (χ1v) is 12.4. The lowest BCUT2D eigenvalue weighted by Gasteiger charge is -2.16. The lowest BCUT2D eigenvalue weighted by Crippen LogP contribution is -2.19. The van der Waals surface area contributed by atoms with Crippen LogP contribution in [0, 0.1) is 0 Å². The van der Waals surface area contributed by atoms with E-state index in [9.17, 15) is 26.7 Å². The number of ether oxygens (including phenoxy) is 1. The first-order chi connectivity index (χ1) is 15.9. The van der Waals surface area contributed by atoms with Crippen molar-refractivity contribution in [3.8, 4) is 11.5 Å². The number of alkyl halides is 3. The minimum absolute atomic E-state index is 0.0988. The van der Waals surface area contributed by atoms with E-state index >= 15 is 0 Å². The van der Waals surface area contributed by atoms with E-state index in [0.29, 0.717) is 14.9 Å². The molecular weight excluding hydrogens is 582 g/mol. The molecule has 3 aromatic carbocycles. The Balaban J connectivity index is 1.95. The zero-order chi connectivity index (χ0) is 24.8. The number of hydrogen-bond donors (Lipinski definition) is 1. The van der Waals surface area contributed by atoms with Crippen LogP contribution >= 0.6 is 39.1 Å². The highest BCUT2D eigenvalue weighted by molar-refractivity contribution is 9.10. The highest BCUT2D eigenvalue weighted by atomic mass is 79.9. The number of fused-ring (bicyclic) bond motifs is 1. The monoisotopic (exact) mass is 593 g/mol. The number of benzene rings is 3. The molecule has 0 aliphatic heterocycles. The molecule has 4 rings (SSSR count). The molecule has 1 aromatic heterocycles. The topological polar surface area (TPSA) is 68.5 Å². The largest absolute Gasteiger partial charge is 0.573 e. The minimum atomic E-state index is -4.93. The average Bonchev–Trinajstić information content (AvgIpc) is 3.08. The molecule has 1 heterocycles. The molecule has 0 unspecified atom stereocenters. The fraction of sp³-hybridized carbons (Fsp3) is 0.0909. The van der Waals surface area contributed by atoms with Gasteiger partial charge in [-0.05, 0) is 42.5 Å². The van der Waals surface area contributed by atoms with Crippen molar-refractivity contribution in [3.63, 3.8) is 0 Å². The van der Waals surface area contributed by atoms with Gasteiger partial charge in [0.05, 0.1) is 10.5 Å². The molecule has 1 N–H and O–H groups in total. The molecule has 178 valence electrons. The van der Waals surface area contributed by atoms with Crippen molar-refractivity contribution >= 4 is 60.1 Å². The molecule has 0 saturated heterocycles. The summed E-state index contributed by atoms with van der Waals surface area (Å²) in [6.45, 7) is 0. The van der Waals surface area contributed by atoms with E-state index < -0.39 is 32.8 Å². The Bertz CT molecular complexity index is 1520. The summed E-state index contributed by atoms with van der Waals surface area (Å²) < 4.78 is 71.5. The first-order valence-electron chi connectivity index (χ1n) is 9.44. The number of hydrogen-bond acceptors (Lipinski definition) is 4. The van der Waals surface area contributed by atoms with Crippen molar-refractivity contribution in [1.29, 1.82) is 0 Å². The number of nitrogens with zero attached hydrogens (tertiary/aromatic N) is 1. The van der Waals surface area contributed by atoms with Crippen LogP contribution in [-0.4, -0.2) is 23.9 Å². The van der Waals surface area contributed by atoms with E-state index in [2.05, 4.69) is 20.7 Å². The van der Waals surface area contributed by atoms with Crippen molar-refractivity contribution in [2.75, 3.05) is 0 Å². The SMILES string of the molecule is O=S(=O)(c1cc(Br)cc(Cl)c1O)n1c(Cc2ccccc2OC(F)(F)F)cc2cc(Cl)ccc21. The third-order valence-electron chi connectivity index (χ3n) is 4.87. The van der Waals surface area contributed by atoms with Crippen molar-refractivity contribution in [3.05, 3.63) is 86.4 Å². The molecule has 12 heteroatoms. The summed E-state index contributed by atoms with van der Waals surface area (Å²) in [7, 11) is -4.46. The Kier molecular flexibility index (Phi) is 6.54. The normalized spacial score (nSPS) is 12.3. The zero-order valence-electron chi connectivity index (χ0n) is 16.8. The van der Waals surface area contributed by atoms with Gasteiger partial charge >= 0.3 is 6.36 Å². The maximum absolute atomic E-state index is 13.7. The van der Waals surface area contributed by atoms with Gasteiger partial charge in [0, 0.05) is 32.6 Å². The molecule has 0 aliphatic carbocycles. The molecule has 0 radical (unpaired) electrons. The van der Waals surface area contributed by atoms with Crippen LogP contribution in [0.15, 0.2) is 70.0 Å². The van der Waals surface area contributed by atoms with Crippen LogP contribution in [0.1, 0.15) is 11.3 Å². The molecule has 0 bridgehead atoms. The second kappa shape index (κ2) is 8.99. The fourth-order valence-electron chi connectivity index (χ4n) is 3.53. The summed E-state index contributed by atoms with van der Waals surface area (Å²) in [6.07, 6.45) is -5.17. The van der Waals surface area contributed by atoms with Gasteiger partial charge in [-0.1, -0.05) is 57.3 Å². The number of para-hydroxylation sites is 1.